The van der Waals surface area contributed by atoms with E-state index in [0.717, 1.165) is 28.1 Å². The molecule has 4 amide bonds. The molecule has 4 aromatic rings. The number of hydrogen-bond donors (Lipinski definition) is 1. The van der Waals surface area contributed by atoms with Crippen LogP contribution < -0.4 is 5.32 Å². The first-order chi connectivity index (χ1) is 17.5. The van der Waals surface area contributed by atoms with E-state index in [1.807, 2.05) is 71.5 Å². The van der Waals surface area contributed by atoms with Crippen LogP contribution in [0.5, 0.6) is 0 Å². The number of aromatic nitrogens is 2. The van der Waals surface area contributed by atoms with Gasteiger partial charge in [-0.1, -0.05) is 60.7 Å². The monoisotopic (exact) mass is 479 g/mol. The van der Waals surface area contributed by atoms with Gasteiger partial charge in [0.25, 0.3) is 5.91 Å². The highest BCUT2D eigenvalue weighted by Gasteiger charge is 2.28. The molecule has 2 heterocycles. The van der Waals surface area contributed by atoms with E-state index in [4.69, 9.17) is 5.10 Å². The zero-order chi connectivity index (χ0) is 25.1. The molecule has 1 aliphatic heterocycles. The van der Waals surface area contributed by atoms with Crippen LogP contribution in [0.3, 0.4) is 0 Å². The number of carbonyl (C=O) groups is 3. The third-order valence-corrected chi connectivity index (χ3v) is 6.09. The molecule has 0 bridgehead atoms. The summed E-state index contributed by atoms with van der Waals surface area (Å²) in [7, 11) is 1.76. The standard InChI is InChI=1S/C28H25N5O3/c1-31(27(35)22-14-12-20(13-15-22)17-32-25(34)16-29-28(32)36)18-23-19-33(24-10-6-3-7-11-24)30-26(23)21-8-4-2-5-9-21/h2-15,19H,16-18H2,1H3,(H,29,36). The predicted octanol–water partition coefficient (Wildman–Crippen LogP) is 3.86. The molecule has 0 radical (unpaired) electrons. The van der Waals surface area contributed by atoms with E-state index in [-0.39, 0.29) is 24.9 Å². The van der Waals surface area contributed by atoms with Gasteiger partial charge in [-0.3, -0.25) is 14.5 Å². The maximum Gasteiger partial charge on any atom is 0.324 e. The van der Waals surface area contributed by atoms with Crippen molar-refractivity contribution in [1.82, 2.24) is 24.9 Å². The number of benzene rings is 3. The van der Waals surface area contributed by atoms with Crippen LogP contribution in [0.1, 0.15) is 21.5 Å². The Hall–Kier alpha value is -4.72. The number of para-hydroxylation sites is 1. The minimum atomic E-state index is -0.398. The lowest BCUT2D eigenvalue weighted by molar-refractivity contribution is -0.125. The van der Waals surface area contributed by atoms with E-state index < -0.39 is 6.03 Å². The molecule has 1 aromatic heterocycles. The lowest BCUT2D eigenvalue weighted by Gasteiger charge is -2.18. The number of nitrogens with zero attached hydrogens (tertiary/aromatic N) is 4. The fourth-order valence-electron chi connectivity index (χ4n) is 4.18. The van der Waals surface area contributed by atoms with E-state index in [1.54, 1.807) is 36.2 Å². The van der Waals surface area contributed by atoms with Crippen molar-refractivity contribution in [2.45, 2.75) is 13.1 Å². The van der Waals surface area contributed by atoms with E-state index in [9.17, 15) is 14.4 Å². The quantitative estimate of drug-likeness (QED) is 0.408. The maximum atomic E-state index is 13.2. The van der Waals surface area contributed by atoms with Gasteiger partial charge in [-0.05, 0) is 29.8 Å². The molecule has 180 valence electrons. The lowest BCUT2D eigenvalue weighted by Crippen LogP contribution is -2.30. The molecule has 0 aliphatic carbocycles. The van der Waals surface area contributed by atoms with Crippen LogP contribution in [0.15, 0.2) is 91.1 Å². The van der Waals surface area contributed by atoms with Gasteiger partial charge in [-0.2, -0.15) is 5.10 Å². The number of amides is 4. The van der Waals surface area contributed by atoms with E-state index in [0.29, 0.717) is 12.1 Å². The van der Waals surface area contributed by atoms with Crippen LogP contribution in [0.4, 0.5) is 4.79 Å². The van der Waals surface area contributed by atoms with Crippen LogP contribution in [0.25, 0.3) is 16.9 Å². The molecule has 5 rings (SSSR count). The summed E-state index contributed by atoms with van der Waals surface area (Å²) in [5.74, 6) is -0.395. The highest BCUT2D eigenvalue weighted by atomic mass is 16.2. The largest absolute Gasteiger partial charge is 0.337 e. The summed E-state index contributed by atoms with van der Waals surface area (Å²) in [5, 5.41) is 7.33. The first-order valence-electron chi connectivity index (χ1n) is 11.6. The van der Waals surface area contributed by atoms with Crippen LogP contribution in [-0.4, -0.2) is 51.0 Å². The van der Waals surface area contributed by atoms with Crippen molar-refractivity contribution >= 4 is 17.8 Å². The third-order valence-electron chi connectivity index (χ3n) is 6.09. The fourth-order valence-corrected chi connectivity index (χ4v) is 4.18. The van der Waals surface area contributed by atoms with Gasteiger partial charge in [0, 0.05) is 36.5 Å². The average molecular weight is 480 g/mol. The van der Waals surface area contributed by atoms with Crippen molar-refractivity contribution in [2.75, 3.05) is 13.6 Å². The Morgan fingerprint density at radius 1 is 0.944 bits per heavy atom. The van der Waals surface area contributed by atoms with E-state index in [2.05, 4.69) is 5.32 Å². The molecular formula is C28H25N5O3. The molecule has 1 aliphatic rings. The topological polar surface area (TPSA) is 87.5 Å². The Bertz CT molecular complexity index is 1380. The fraction of sp³-hybridized carbons (Fsp3) is 0.143. The van der Waals surface area contributed by atoms with E-state index in [1.165, 1.54) is 4.90 Å². The minimum Gasteiger partial charge on any atom is -0.337 e. The molecule has 3 aromatic carbocycles. The summed E-state index contributed by atoms with van der Waals surface area (Å²) in [6.07, 6.45) is 1.96. The molecular weight excluding hydrogens is 454 g/mol. The van der Waals surface area contributed by atoms with Gasteiger partial charge < -0.3 is 10.2 Å². The SMILES string of the molecule is CN(Cc1cn(-c2ccccc2)nc1-c1ccccc1)C(=O)c1ccc(CN2C(=O)CNC2=O)cc1. The van der Waals surface area contributed by atoms with Crippen molar-refractivity contribution in [3.05, 3.63) is 108 Å². The van der Waals surface area contributed by atoms with Gasteiger partial charge in [0.2, 0.25) is 5.91 Å². The van der Waals surface area contributed by atoms with Gasteiger partial charge in [0.15, 0.2) is 0 Å². The van der Waals surface area contributed by atoms with Gasteiger partial charge in [-0.25, -0.2) is 9.48 Å². The Morgan fingerprint density at radius 2 is 1.61 bits per heavy atom. The second kappa shape index (κ2) is 9.87. The van der Waals surface area contributed by atoms with Gasteiger partial charge in [-0.15, -0.1) is 0 Å². The van der Waals surface area contributed by atoms with Crippen LogP contribution in [0.2, 0.25) is 0 Å². The average Bonchev–Trinajstić information content (AvgIpc) is 3.48. The normalized spacial score (nSPS) is 13.1. The molecule has 36 heavy (non-hydrogen) atoms. The van der Waals surface area contributed by atoms with E-state index >= 15 is 0 Å². The number of hydrogen-bond acceptors (Lipinski definition) is 4. The van der Waals surface area contributed by atoms with Crippen LogP contribution in [0, 0.1) is 0 Å². The van der Waals surface area contributed by atoms with Crippen LogP contribution >= 0.6 is 0 Å². The Morgan fingerprint density at radius 3 is 2.25 bits per heavy atom. The Labute approximate surface area is 208 Å². The summed E-state index contributed by atoms with van der Waals surface area (Å²) in [6, 6.07) is 26.3. The second-order valence-electron chi connectivity index (χ2n) is 8.65. The lowest BCUT2D eigenvalue weighted by atomic mass is 10.1. The zero-order valence-electron chi connectivity index (χ0n) is 19.8. The summed E-state index contributed by atoms with van der Waals surface area (Å²) in [6.45, 7) is 0.570. The number of rotatable bonds is 7. The van der Waals surface area contributed by atoms with Gasteiger partial charge in [0.1, 0.15) is 0 Å². The number of nitrogens with one attached hydrogen (secondary N) is 1. The smallest absolute Gasteiger partial charge is 0.324 e. The first kappa shape index (κ1) is 23.0. The predicted molar refractivity (Wildman–Crippen MR) is 135 cm³/mol. The summed E-state index contributed by atoms with van der Waals surface area (Å²) in [4.78, 5) is 39.6. The number of imide groups is 1. The van der Waals surface area contributed by atoms with Crippen molar-refractivity contribution in [3.63, 3.8) is 0 Å². The second-order valence-corrected chi connectivity index (χ2v) is 8.65. The molecule has 1 fully saturated rings. The van der Waals surface area contributed by atoms with Crippen molar-refractivity contribution in [1.29, 1.82) is 0 Å². The number of carbonyl (C=O) groups excluding carboxylic acids is 3. The molecule has 0 saturated carbocycles. The van der Waals surface area contributed by atoms with Crippen molar-refractivity contribution in [3.8, 4) is 16.9 Å². The van der Waals surface area contributed by atoms with Gasteiger partial charge >= 0.3 is 6.03 Å². The molecule has 1 saturated heterocycles. The summed E-state index contributed by atoms with van der Waals surface area (Å²) < 4.78 is 1.83. The van der Waals surface area contributed by atoms with Crippen molar-refractivity contribution in [2.24, 2.45) is 0 Å². The summed E-state index contributed by atoms with van der Waals surface area (Å²) >= 11 is 0. The molecule has 1 N–H and O–H groups in total. The summed E-state index contributed by atoms with van der Waals surface area (Å²) in [5.41, 5.74) is 4.97. The van der Waals surface area contributed by atoms with Crippen LogP contribution in [-0.2, 0) is 17.9 Å². The first-order valence-corrected chi connectivity index (χ1v) is 11.6. The Kier molecular flexibility index (Phi) is 6.32. The maximum absolute atomic E-state index is 13.2. The minimum absolute atomic E-state index is 0.0199. The molecule has 0 spiro atoms. The molecule has 8 nitrogen and oxygen atoms in total. The zero-order valence-corrected chi connectivity index (χ0v) is 19.8. The number of urea groups is 1. The molecule has 8 heteroatoms. The Balaban J connectivity index is 1.35. The highest BCUT2D eigenvalue weighted by Crippen LogP contribution is 2.25. The highest BCUT2D eigenvalue weighted by molar-refractivity contribution is 6.01. The third kappa shape index (κ3) is 4.74. The van der Waals surface area contributed by atoms with Crippen molar-refractivity contribution < 1.29 is 14.4 Å². The molecule has 0 atom stereocenters. The van der Waals surface area contributed by atoms with Gasteiger partial charge in [0.05, 0.1) is 24.5 Å². The molecule has 0 unspecified atom stereocenters.